The Balaban J connectivity index is 2.48. The summed E-state index contributed by atoms with van der Waals surface area (Å²) >= 11 is 11.8. The maximum Gasteiger partial charge on any atom is 0.190 e. The first-order valence-electron chi connectivity index (χ1n) is 5.85. The first-order valence-corrected chi connectivity index (χ1v) is 6.61. The summed E-state index contributed by atoms with van der Waals surface area (Å²) in [5.41, 5.74) is 0.622. The molecular weight excluding hydrogens is 271 g/mol. The molecule has 0 heterocycles. The molecular formula is C14H18Cl2O2. The van der Waals surface area contributed by atoms with Crippen LogP contribution in [0.3, 0.4) is 0 Å². The summed E-state index contributed by atoms with van der Waals surface area (Å²) in [6, 6.07) is 4.84. The standard InChI is InChI=1S/C14H18Cl2O2/c1-14(2,3)6-7-18-9-13(17)11-8-10(15)4-5-12(11)16/h4-5,8H,6-7,9H2,1-3H3. The molecule has 0 spiro atoms. The van der Waals surface area contributed by atoms with Crippen molar-refractivity contribution < 1.29 is 9.53 Å². The van der Waals surface area contributed by atoms with Crippen LogP contribution in [0, 0.1) is 5.41 Å². The van der Waals surface area contributed by atoms with Crippen molar-refractivity contribution in [2.45, 2.75) is 27.2 Å². The van der Waals surface area contributed by atoms with E-state index in [2.05, 4.69) is 20.8 Å². The Morgan fingerprint density at radius 2 is 1.94 bits per heavy atom. The van der Waals surface area contributed by atoms with E-state index in [9.17, 15) is 4.79 Å². The first kappa shape index (κ1) is 15.5. The fourth-order valence-corrected chi connectivity index (χ4v) is 1.73. The summed E-state index contributed by atoms with van der Waals surface area (Å²) in [7, 11) is 0. The highest BCUT2D eigenvalue weighted by Gasteiger charge is 2.13. The molecule has 18 heavy (non-hydrogen) atoms. The van der Waals surface area contributed by atoms with E-state index in [-0.39, 0.29) is 17.8 Å². The molecule has 0 aliphatic carbocycles. The van der Waals surface area contributed by atoms with Gasteiger partial charge in [-0.25, -0.2) is 0 Å². The Kier molecular flexibility index (Phi) is 5.64. The van der Waals surface area contributed by atoms with E-state index < -0.39 is 0 Å². The molecule has 1 aromatic carbocycles. The average Bonchev–Trinajstić information content (AvgIpc) is 2.26. The van der Waals surface area contributed by atoms with Crippen molar-refractivity contribution in [1.82, 2.24) is 0 Å². The van der Waals surface area contributed by atoms with Gasteiger partial charge in [-0.1, -0.05) is 44.0 Å². The third-order valence-electron chi connectivity index (χ3n) is 2.46. The van der Waals surface area contributed by atoms with Gasteiger partial charge in [0.2, 0.25) is 0 Å². The molecule has 1 aromatic rings. The lowest BCUT2D eigenvalue weighted by atomic mass is 9.93. The highest BCUT2D eigenvalue weighted by molar-refractivity contribution is 6.35. The van der Waals surface area contributed by atoms with Gasteiger partial charge in [0.15, 0.2) is 5.78 Å². The highest BCUT2D eigenvalue weighted by Crippen LogP contribution is 2.21. The van der Waals surface area contributed by atoms with Gasteiger partial charge >= 0.3 is 0 Å². The lowest BCUT2D eigenvalue weighted by Gasteiger charge is -2.17. The van der Waals surface area contributed by atoms with Gasteiger partial charge in [0.1, 0.15) is 6.61 Å². The van der Waals surface area contributed by atoms with E-state index >= 15 is 0 Å². The van der Waals surface area contributed by atoms with Gasteiger partial charge in [-0.2, -0.15) is 0 Å². The van der Waals surface area contributed by atoms with Crippen molar-refractivity contribution in [1.29, 1.82) is 0 Å². The van der Waals surface area contributed by atoms with E-state index in [0.717, 1.165) is 6.42 Å². The summed E-state index contributed by atoms with van der Waals surface area (Å²) in [6.45, 7) is 6.99. The number of ketones is 1. The van der Waals surface area contributed by atoms with E-state index in [1.165, 1.54) is 0 Å². The minimum absolute atomic E-state index is 0.0378. The number of benzene rings is 1. The van der Waals surface area contributed by atoms with Crippen LogP contribution in [-0.2, 0) is 4.74 Å². The number of carbonyl (C=O) groups excluding carboxylic acids is 1. The molecule has 0 saturated carbocycles. The molecule has 0 fully saturated rings. The predicted octanol–water partition coefficient (Wildman–Crippen LogP) is 4.63. The second-order valence-corrected chi connectivity index (χ2v) is 6.25. The Morgan fingerprint density at radius 1 is 1.28 bits per heavy atom. The molecule has 0 radical (unpaired) electrons. The fraction of sp³-hybridized carbons (Fsp3) is 0.500. The van der Waals surface area contributed by atoms with E-state index in [1.807, 2.05) is 0 Å². The maximum atomic E-state index is 11.9. The summed E-state index contributed by atoms with van der Waals surface area (Å²) < 4.78 is 5.37. The molecule has 0 N–H and O–H groups in total. The van der Waals surface area contributed by atoms with Gasteiger partial charge in [0, 0.05) is 17.2 Å². The molecule has 100 valence electrons. The van der Waals surface area contributed by atoms with E-state index in [1.54, 1.807) is 18.2 Å². The first-order chi connectivity index (χ1) is 8.29. The molecule has 0 amide bonds. The van der Waals surface area contributed by atoms with Crippen LogP contribution in [0.5, 0.6) is 0 Å². The normalized spacial score (nSPS) is 11.6. The van der Waals surface area contributed by atoms with Crippen molar-refractivity contribution in [3.8, 4) is 0 Å². The molecule has 0 bridgehead atoms. The van der Waals surface area contributed by atoms with Crippen LogP contribution >= 0.6 is 23.2 Å². The van der Waals surface area contributed by atoms with Crippen molar-refractivity contribution in [3.05, 3.63) is 33.8 Å². The number of ether oxygens (including phenoxy) is 1. The number of hydrogen-bond donors (Lipinski definition) is 0. The third-order valence-corrected chi connectivity index (χ3v) is 3.02. The molecule has 0 saturated heterocycles. The topological polar surface area (TPSA) is 26.3 Å². The zero-order valence-electron chi connectivity index (χ0n) is 10.9. The minimum atomic E-state index is -0.142. The quantitative estimate of drug-likeness (QED) is 0.583. The van der Waals surface area contributed by atoms with Crippen molar-refractivity contribution in [2.75, 3.05) is 13.2 Å². The van der Waals surface area contributed by atoms with Gasteiger partial charge in [-0.3, -0.25) is 4.79 Å². The number of halogens is 2. The fourth-order valence-electron chi connectivity index (χ4n) is 1.33. The van der Waals surface area contributed by atoms with Crippen molar-refractivity contribution in [3.63, 3.8) is 0 Å². The molecule has 1 rings (SSSR count). The Morgan fingerprint density at radius 3 is 2.56 bits per heavy atom. The summed E-state index contributed by atoms with van der Waals surface area (Å²) in [6.07, 6.45) is 0.906. The number of hydrogen-bond acceptors (Lipinski definition) is 2. The monoisotopic (exact) mass is 288 g/mol. The van der Waals surface area contributed by atoms with Crippen LogP contribution in [0.1, 0.15) is 37.6 Å². The minimum Gasteiger partial charge on any atom is -0.373 e. The van der Waals surface area contributed by atoms with E-state index in [4.69, 9.17) is 27.9 Å². The molecule has 0 aliphatic rings. The predicted molar refractivity (Wildman–Crippen MR) is 75.7 cm³/mol. The summed E-state index contributed by atoms with van der Waals surface area (Å²) in [5, 5.41) is 0.904. The molecule has 0 atom stereocenters. The van der Waals surface area contributed by atoms with Crippen molar-refractivity contribution >= 4 is 29.0 Å². The van der Waals surface area contributed by atoms with Crippen LogP contribution in [0.15, 0.2) is 18.2 Å². The van der Waals surface area contributed by atoms with Gasteiger partial charge < -0.3 is 4.74 Å². The SMILES string of the molecule is CC(C)(C)CCOCC(=O)c1cc(Cl)ccc1Cl. The molecule has 4 heteroatoms. The van der Waals surface area contributed by atoms with Crippen molar-refractivity contribution in [2.24, 2.45) is 5.41 Å². The van der Waals surface area contributed by atoms with Gasteiger partial charge in [0.25, 0.3) is 0 Å². The van der Waals surface area contributed by atoms with Crippen LogP contribution in [-0.4, -0.2) is 19.0 Å². The Labute approximate surface area is 118 Å². The lowest BCUT2D eigenvalue weighted by Crippen LogP contribution is -2.14. The maximum absolute atomic E-state index is 11.9. The van der Waals surface area contributed by atoms with Crippen LogP contribution in [0.4, 0.5) is 0 Å². The molecule has 2 nitrogen and oxygen atoms in total. The zero-order chi connectivity index (χ0) is 13.8. The van der Waals surface area contributed by atoms with Gasteiger partial charge in [0.05, 0.1) is 5.02 Å². The van der Waals surface area contributed by atoms with Gasteiger partial charge in [-0.15, -0.1) is 0 Å². The third kappa shape index (κ3) is 5.38. The molecule has 0 unspecified atom stereocenters. The largest absolute Gasteiger partial charge is 0.373 e. The zero-order valence-corrected chi connectivity index (χ0v) is 12.4. The second-order valence-electron chi connectivity index (χ2n) is 5.41. The number of rotatable bonds is 5. The Hall–Kier alpha value is -0.570. The highest BCUT2D eigenvalue weighted by atomic mass is 35.5. The smallest absolute Gasteiger partial charge is 0.190 e. The summed E-state index contributed by atoms with van der Waals surface area (Å²) in [4.78, 5) is 11.9. The lowest BCUT2D eigenvalue weighted by molar-refractivity contribution is 0.0705. The molecule has 0 aromatic heterocycles. The molecule has 0 aliphatic heterocycles. The average molecular weight is 289 g/mol. The van der Waals surface area contributed by atoms with Gasteiger partial charge in [-0.05, 0) is 30.0 Å². The van der Waals surface area contributed by atoms with Crippen LogP contribution in [0.2, 0.25) is 10.0 Å². The number of carbonyl (C=O) groups is 1. The van der Waals surface area contributed by atoms with E-state index in [0.29, 0.717) is 22.2 Å². The second kappa shape index (κ2) is 6.55. The van der Waals surface area contributed by atoms with Crippen LogP contribution < -0.4 is 0 Å². The summed E-state index contributed by atoms with van der Waals surface area (Å²) in [5.74, 6) is -0.142. The number of Topliss-reactive ketones (excluding diaryl/α,β-unsaturated/α-hetero) is 1. The van der Waals surface area contributed by atoms with Crippen LogP contribution in [0.25, 0.3) is 0 Å². The Bertz CT molecular complexity index is 422.